The van der Waals surface area contributed by atoms with E-state index in [4.69, 9.17) is 18.2 Å². The van der Waals surface area contributed by atoms with E-state index in [-0.39, 0.29) is 16.7 Å². The molecule has 0 bridgehead atoms. The lowest BCUT2D eigenvalue weighted by Gasteiger charge is -2.22. The number of hydrogen-bond acceptors (Lipinski definition) is 3. The van der Waals surface area contributed by atoms with Gasteiger partial charge in [0.15, 0.2) is 0 Å². The highest BCUT2D eigenvalue weighted by atomic mass is 16.3. The number of nitrogens with zero attached hydrogens (tertiary/aromatic N) is 3. The molecule has 0 atom stereocenters. The Morgan fingerprint density at radius 3 is 1.90 bits per heavy atom. The number of hydrogen-bond donors (Lipinski definition) is 1. The smallest absolute Gasteiger partial charge is 0.149 e. The maximum atomic E-state index is 11.4. The molecular formula is C56H57N3O. The van der Waals surface area contributed by atoms with Gasteiger partial charge in [0.2, 0.25) is 0 Å². The molecule has 2 aromatic heterocycles. The van der Waals surface area contributed by atoms with Crippen LogP contribution in [0, 0.1) is 6.85 Å². The molecule has 60 heavy (non-hydrogen) atoms. The molecule has 0 aliphatic rings. The van der Waals surface area contributed by atoms with Gasteiger partial charge in [-0.05, 0) is 140 Å². The van der Waals surface area contributed by atoms with E-state index in [1.54, 1.807) is 58.0 Å². The van der Waals surface area contributed by atoms with Crippen LogP contribution >= 0.6 is 0 Å². The number of fused-ring (bicyclic) bond motifs is 1. The van der Waals surface area contributed by atoms with Crippen molar-refractivity contribution in [2.75, 3.05) is 0 Å². The Hall–Kier alpha value is -6.26. The van der Waals surface area contributed by atoms with Crippen LogP contribution in [0.5, 0.6) is 5.75 Å². The first-order valence-electron chi connectivity index (χ1n) is 23.6. The van der Waals surface area contributed by atoms with Gasteiger partial charge in [0.25, 0.3) is 0 Å². The molecule has 6 aromatic carbocycles. The third-order valence-electron chi connectivity index (χ3n) is 11.4. The molecule has 302 valence electrons. The highest BCUT2D eigenvalue weighted by Crippen LogP contribution is 2.41. The largest absolute Gasteiger partial charge is 0.507 e. The summed E-state index contributed by atoms with van der Waals surface area (Å²) in [7, 11) is 0. The maximum absolute atomic E-state index is 11.4. The van der Waals surface area contributed by atoms with Gasteiger partial charge in [-0.2, -0.15) is 0 Å². The van der Waals surface area contributed by atoms with E-state index >= 15 is 0 Å². The molecule has 0 saturated carbocycles. The van der Waals surface area contributed by atoms with Gasteiger partial charge in [-0.15, -0.1) is 0 Å². The van der Waals surface area contributed by atoms with E-state index in [9.17, 15) is 5.11 Å². The summed E-state index contributed by atoms with van der Waals surface area (Å²) < 4.78 is 54.8. The molecule has 0 amide bonds. The molecule has 2 heterocycles. The summed E-state index contributed by atoms with van der Waals surface area (Å²) in [6.45, 7) is 15.0. The first-order chi connectivity index (χ1) is 30.8. The summed E-state index contributed by atoms with van der Waals surface area (Å²) in [5.74, 6) is -2.22. The Kier molecular flexibility index (Phi) is 8.99. The molecular weight excluding hydrogens is 731 g/mol. The SMILES string of the molecule is [2H]C([2H])([2H])c1cc(-c2cc(C([2H])(C)C)cc(C([2H])(C)C)c2)ccc1-n1c(-c2ccccc2O)nc2c(-c3cc(-c4cc(-c5ccc(C([2H])(C)C)cc5)ccn4)cc(C(C)(C)C)c3)cccc21. The summed E-state index contributed by atoms with van der Waals surface area (Å²) in [6, 6.07) is 42.7. The summed E-state index contributed by atoms with van der Waals surface area (Å²) in [5, 5.41) is 11.4. The van der Waals surface area contributed by atoms with Crippen molar-refractivity contribution >= 4 is 11.0 Å². The molecule has 0 aliphatic heterocycles. The van der Waals surface area contributed by atoms with E-state index in [0.717, 1.165) is 61.3 Å². The third kappa shape index (κ3) is 7.91. The van der Waals surface area contributed by atoms with Crippen molar-refractivity contribution in [1.29, 1.82) is 0 Å². The van der Waals surface area contributed by atoms with E-state index in [2.05, 4.69) is 57.2 Å². The van der Waals surface area contributed by atoms with E-state index in [1.807, 2.05) is 91.3 Å². The van der Waals surface area contributed by atoms with Crippen LogP contribution in [0.25, 0.3) is 72.7 Å². The molecule has 0 unspecified atom stereocenters. The van der Waals surface area contributed by atoms with E-state index < -0.39 is 24.5 Å². The van der Waals surface area contributed by atoms with Gasteiger partial charge in [-0.3, -0.25) is 9.55 Å². The Morgan fingerprint density at radius 2 is 1.23 bits per heavy atom. The minimum atomic E-state index is -2.57. The standard InChI is InChI=1S/C56H57N3O/c1-34(2)38-18-20-39(21-19-38)41-24-25-57-50(33-41)46-30-45(31-47(32-46)56(8,9)10)48-15-13-16-52-54(48)58-55(49-14-11-12-17-53(49)60)59(52)51-23-22-40(26-37(51)7)44-28-42(35(3)4)27-43(29-44)36(5)6/h11-36,60H,1-10H3/i7D3,34D,35D,36D. The highest BCUT2D eigenvalue weighted by Gasteiger charge is 2.23. The van der Waals surface area contributed by atoms with Crippen molar-refractivity contribution in [1.82, 2.24) is 14.5 Å². The van der Waals surface area contributed by atoms with Crippen LogP contribution in [-0.4, -0.2) is 19.6 Å². The topological polar surface area (TPSA) is 50.9 Å². The van der Waals surface area contributed by atoms with Gasteiger partial charge in [0.1, 0.15) is 11.6 Å². The summed E-state index contributed by atoms with van der Waals surface area (Å²) in [5.41, 5.74) is 12.3. The second-order valence-electron chi connectivity index (χ2n) is 17.5. The maximum Gasteiger partial charge on any atom is 0.149 e. The van der Waals surface area contributed by atoms with Crippen molar-refractivity contribution in [2.24, 2.45) is 0 Å². The second kappa shape index (κ2) is 16.1. The minimum Gasteiger partial charge on any atom is -0.507 e. The zero-order chi connectivity index (χ0) is 47.7. The number of benzene rings is 6. The van der Waals surface area contributed by atoms with Crippen LogP contribution in [0.2, 0.25) is 0 Å². The Bertz CT molecular complexity index is 3090. The normalized spacial score (nSPS) is 14.2. The van der Waals surface area contributed by atoms with Crippen LogP contribution in [0.15, 0.2) is 140 Å². The van der Waals surface area contributed by atoms with Gasteiger partial charge in [0, 0.05) is 25.5 Å². The fourth-order valence-electron chi connectivity index (χ4n) is 7.83. The van der Waals surface area contributed by atoms with Crippen LogP contribution in [0.1, 0.15) is 116 Å². The minimum absolute atomic E-state index is 0.00374. The Labute approximate surface area is 365 Å². The molecule has 0 aliphatic carbocycles. The third-order valence-corrected chi connectivity index (χ3v) is 11.4. The van der Waals surface area contributed by atoms with Gasteiger partial charge in [0.05, 0.1) is 28.0 Å². The molecule has 0 radical (unpaired) electrons. The van der Waals surface area contributed by atoms with Crippen molar-refractivity contribution in [3.8, 4) is 67.5 Å². The number of aromatic nitrogens is 3. The number of phenolic OH excluding ortho intramolecular Hbond substituents is 1. The Balaban J connectivity index is 1.34. The summed E-state index contributed by atoms with van der Waals surface area (Å²) >= 11 is 0. The fraction of sp³-hybridized carbons (Fsp3) is 0.250. The molecule has 1 N–H and O–H groups in total. The van der Waals surface area contributed by atoms with Gasteiger partial charge < -0.3 is 5.11 Å². The molecule has 8 aromatic rings. The van der Waals surface area contributed by atoms with Gasteiger partial charge in [-0.1, -0.05) is 141 Å². The average Bonchev–Trinajstić information content (AvgIpc) is 3.64. The molecule has 0 saturated heterocycles. The monoisotopic (exact) mass is 793 g/mol. The van der Waals surface area contributed by atoms with Crippen molar-refractivity contribution < 1.29 is 13.3 Å². The van der Waals surface area contributed by atoms with Crippen LogP contribution in [0.4, 0.5) is 0 Å². The molecule has 0 spiro atoms. The zero-order valence-electron chi connectivity index (χ0n) is 42.1. The first kappa shape index (κ1) is 33.6. The predicted octanol–water partition coefficient (Wildman–Crippen LogP) is 15.4. The second-order valence-corrected chi connectivity index (χ2v) is 17.5. The molecule has 4 nitrogen and oxygen atoms in total. The molecule has 0 fully saturated rings. The Morgan fingerprint density at radius 1 is 0.583 bits per heavy atom. The van der Waals surface area contributed by atoms with Crippen molar-refractivity contribution in [3.63, 3.8) is 0 Å². The molecule has 4 heteroatoms. The number of aromatic hydroxyl groups is 1. The average molecular weight is 794 g/mol. The van der Waals surface area contributed by atoms with Crippen LogP contribution in [0.3, 0.4) is 0 Å². The van der Waals surface area contributed by atoms with Gasteiger partial charge >= 0.3 is 0 Å². The number of phenols is 1. The van der Waals surface area contributed by atoms with Gasteiger partial charge in [-0.25, -0.2) is 4.98 Å². The lowest BCUT2D eigenvalue weighted by atomic mass is 9.83. The van der Waals surface area contributed by atoms with Crippen molar-refractivity contribution in [3.05, 3.63) is 167 Å². The lowest BCUT2D eigenvalue weighted by molar-refractivity contribution is 0.477. The predicted molar refractivity (Wildman–Crippen MR) is 253 cm³/mol. The van der Waals surface area contributed by atoms with Crippen molar-refractivity contribution in [2.45, 2.75) is 92.3 Å². The number of rotatable bonds is 9. The zero-order valence-corrected chi connectivity index (χ0v) is 36.1. The van der Waals surface area contributed by atoms with E-state index in [0.29, 0.717) is 33.7 Å². The molecule has 8 rings (SSSR count). The van der Waals surface area contributed by atoms with E-state index in [1.165, 1.54) is 0 Å². The number of aryl methyl sites for hydroxylation is 1. The first-order valence-corrected chi connectivity index (χ1v) is 20.6. The lowest BCUT2D eigenvalue weighted by Crippen LogP contribution is -2.11. The van der Waals surface area contributed by atoms with Crippen LogP contribution in [-0.2, 0) is 5.41 Å². The fourth-order valence-corrected chi connectivity index (χ4v) is 7.83. The highest BCUT2D eigenvalue weighted by molar-refractivity contribution is 5.97. The number of pyridine rings is 1. The number of imidazole rings is 1. The van der Waals surface area contributed by atoms with Crippen LogP contribution < -0.4 is 0 Å². The number of para-hydroxylation sites is 2. The quantitative estimate of drug-likeness (QED) is 0.158. The summed E-state index contributed by atoms with van der Waals surface area (Å²) in [6.07, 6.45) is 1.83. The summed E-state index contributed by atoms with van der Waals surface area (Å²) in [4.78, 5) is 10.2.